The van der Waals surface area contributed by atoms with E-state index in [-0.39, 0.29) is 11.6 Å². The molecule has 2 aromatic heterocycles. The van der Waals surface area contributed by atoms with Gasteiger partial charge in [0.2, 0.25) is 0 Å². The zero-order valence-corrected chi connectivity index (χ0v) is 13.1. The Bertz CT molecular complexity index is 704. The Labute approximate surface area is 121 Å². The Morgan fingerprint density at radius 1 is 1.50 bits per heavy atom. The summed E-state index contributed by atoms with van der Waals surface area (Å²) in [6.07, 6.45) is 0. The van der Waals surface area contributed by atoms with E-state index in [1.54, 1.807) is 13.8 Å². The van der Waals surface area contributed by atoms with Crippen molar-refractivity contribution >= 4 is 21.4 Å². The molecule has 0 aliphatic heterocycles. The molecule has 20 heavy (non-hydrogen) atoms. The second kappa shape index (κ2) is 5.60. The van der Waals surface area contributed by atoms with Gasteiger partial charge in [-0.2, -0.15) is 5.10 Å². The van der Waals surface area contributed by atoms with Crippen LogP contribution in [0, 0.1) is 13.8 Å². The second-order valence-corrected chi connectivity index (χ2v) is 7.03. The SMILES string of the molecule is Cc1csc(C(C)NS(=O)(=O)c2n[nH]c(C)c2CN)n1. The highest BCUT2D eigenvalue weighted by Gasteiger charge is 2.26. The predicted molar refractivity (Wildman–Crippen MR) is 76.8 cm³/mol. The van der Waals surface area contributed by atoms with Gasteiger partial charge >= 0.3 is 0 Å². The molecule has 2 rings (SSSR count). The molecule has 0 saturated carbocycles. The maximum atomic E-state index is 12.3. The van der Waals surface area contributed by atoms with E-state index in [9.17, 15) is 8.42 Å². The molecule has 2 aromatic rings. The van der Waals surface area contributed by atoms with Gasteiger partial charge in [-0.15, -0.1) is 11.3 Å². The summed E-state index contributed by atoms with van der Waals surface area (Å²) < 4.78 is 27.3. The number of nitrogens with two attached hydrogens (primary N) is 1. The van der Waals surface area contributed by atoms with Gasteiger partial charge in [-0.05, 0) is 20.8 Å². The molecule has 0 aliphatic rings. The third-order valence-corrected chi connectivity index (χ3v) is 5.49. The Hall–Kier alpha value is -1.29. The average Bonchev–Trinajstić information content (AvgIpc) is 2.95. The highest BCUT2D eigenvalue weighted by molar-refractivity contribution is 7.89. The summed E-state index contributed by atoms with van der Waals surface area (Å²) in [4.78, 5) is 4.27. The van der Waals surface area contributed by atoms with Crippen molar-refractivity contribution in [3.63, 3.8) is 0 Å². The van der Waals surface area contributed by atoms with Gasteiger partial charge in [-0.25, -0.2) is 18.1 Å². The molecule has 110 valence electrons. The minimum Gasteiger partial charge on any atom is -0.326 e. The van der Waals surface area contributed by atoms with E-state index in [0.29, 0.717) is 16.3 Å². The fraction of sp³-hybridized carbons (Fsp3) is 0.455. The molecular weight excluding hydrogens is 298 g/mol. The number of thiazole rings is 1. The Morgan fingerprint density at radius 2 is 2.20 bits per heavy atom. The smallest absolute Gasteiger partial charge is 0.260 e. The third-order valence-electron chi connectivity index (χ3n) is 2.83. The van der Waals surface area contributed by atoms with Crippen LogP contribution in [0.5, 0.6) is 0 Å². The molecule has 0 aliphatic carbocycles. The summed E-state index contributed by atoms with van der Waals surface area (Å²) >= 11 is 1.42. The molecule has 1 unspecified atom stereocenters. The van der Waals surface area contributed by atoms with Crippen LogP contribution in [0.1, 0.15) is 34.9 Å². The van der Waals surface area contributed by atoms with Crippen molar-refractivity contribution in [1.29, 1.82) is 0 Å². The summed E-state index contributed by atoms with van der Waals surface area (Å²) in [6, 6.07) is -0.415. The fourth-order valence-corrected chi connectivity index (χ4v) is 4.10. The Morgan fingerprint density at radius 3 is 2.75 bits per heavy atom. The number of aryl methyl sites for hydroxylation is 2. The van der Waals surface area contributed by atoms with E-state index in [0.717, 1.165) is 5.69 Å². The summed E-state index contributed by atoms with van der Waals surface area (Å²) in [5.41, 5.74) is 7.60. The summed E-state index contributed by atoms with van der Waals surface area (Å²) in [6.45, 7) is 5.47. The van der Waals surface area contributed by atoms with Gasteiger partial charge < -0.3 is 5.73 Å². The number of aromatic amines is 1. The number of sulfonamides is 1. The lowest BCUT2D eigenvalue weighted by Crippen LogP contribution is -2.28. The minimum atomic E-state index is -3.73. The standard InChI is InChI=1S/C11H17N5O2S2/c1-6-5-19-10(13-6)8(3)16-20(17,18)11-9(4-12)7(2)14-15-11/h5,8,16H,4,12H2,1-3H3,(H,14,15). The molecule has 2 heterocycles. The van der Waals surface area contributed by atoms with Gasteiger partial charge in [-0.1, -0.05) is 0 Å². The highest BCUT2D eigenvalue weighted by atomic mass is 32.2. The molecule has 0 fully saturated rings. The first-order valence-corrected chi connectivity index (χ1v) is 8.39. The highest BCUT2D eigenvalue weighted by Crippen LogP contribution is 2.21. The number of rotatable bonds is 5. The van der Waals surface area contributed by atoms with Crippen molar-refractivity contribution < 1.29 is 8.42 Å². The van der Waals surface area contributed by atoms with Crippen LogP contribution in [0.25, 0.3) is 0 Å². The molecular formula is C11H17N5O2S2. The molecule has 0 bridgehead atoms. The van der Waals surface area contributed by atoms with Gasteiger partial charge in [0.15, 0.2) is 5.03 Å². The number of aromatic nitrogens is 3. The molecule has 0 spiro atoms. The van der Waals surface area contributed by atoms with E-state index >= 15 is 0 Å². The van der Waals surface area contributed by atoms with Crippen molar-refractivity contribution in [3.8, 4) is 0 Å². The van der Waals surface area contributed by atoms with Crippen LogP contribution in [0.15, 0.2) is 10.4 Å². The molecule has 0 saturated heterocycles. The molecule has 9 heteroatoms. The van der Waals surface area contributed by atoms with Crippen LogP contribution in [-0.4, -0.2) is 23.6 Å². The predicted octanol–water partition coefficient (Wildman–Crippen LogP) is 0.981. The van der Waals surface area contributed by atoms with Crippen molar-refractivity contribution in [3.05, 3.63) is 27.3 Å². The average molecular weight is 315 g/mol. The van der Waals surface area contributed by atoms with E-state index in [1.165, 1.54) is 11.3 Å². The van der Waals surface area contributed by atoms with Crippen LogP contribution in [0.3, 0.4) is 0 Å². The second-order valence-electron chi connectivity index (χ2n) is 4.51. The van der Waals surface area contributed by atoms with Crippen molar-refractivity contribution in [2.24, 2.45) is 5.73 Å². The van der Waals surface area contributed by atoms with Crippen molar-refractivity contribution in [2.75, 3.05) is 0 Å². The summed E-state index contributed by atoms with van der Waals surface area (Å²) in [7, 11) is -3.73. The lowest BCUT2D eigenvalue weighted by molar-refractivity contribution is 0.560. The van der Waals surface area contributed by atoms with Gasteiger partial charge in [-0.3, -0.25) is 5.10 Å². The van der Waals surface area contributed by atoms with Gasteiger partial charge in [0.1, 0.15) is 5.01 Å². The molecule has 1 atom stereocenters. The lowest BCUT2D eigenvalue weighted by Gasteiger charge is -2.11. The maximum absolute atomic E-state index is 12.3. The van der Waals surface area contributed by atoms with Crippen LogP contribution < -0.4 is 10.5 Å². The number of hydrogen-bond donors (Lipinski definition) is 3. The topological polar surface area (TPSA) is 114 Å². The first-order valence-electron chi connectivity index (χ1n) is 6.03. The first-order chi connectivity index (χ1) is 9.35. The van der Waals surface area contributed by atoms with E-state index in [2.05, 4.69) is 19.9 Å². The minimum absolute atomic E-state index is 0.0439. The summed E-state index contributed by atoms with van der Waals surface area (Å²) in [5.74, 6) is 0. The maximum Gasteiger partial charge on any atom is 0.260 e. The molecule has 0 radical (unpaired) electrons. The number of hydrogen-bond acceptors (Lipinski definition) is 6. The Balaban J connectivity index is 2.27. The van der Waals surface area contributed by atoms with Gasteiger partial charge in [0.05, 0.1) is 6.04 Å². The number of nitrogens with zero attached hydrogens (tertiary/aromatic N) is 2. The van der Waals surface area contributed by atoms with Crippen LogP contribution in [-0.2, 0) is 16.6 Å². The van der Waals surface area contributed by atoms with Gasteiger partial charge in [0, 0.05) is 28.9 Å². The fourth-order valence-electron chi connectivity index (χ4n) is 1.80. The van der Waals surface area contributed by atoms with Crippen molar-refractivity contribution in [1.82, 2.24) is 19.9 Å². The first kappa shape index (κ1) is 15.1. The zero-order valence-electron chi connectivity index (χ0n) is 11.5. The zero-order chi connectivity index (χ0) is 14.9. The number of H-pyrrole nitrogens is 1. The van der Waals surface area contributed by atoms with E-state index in [4.69, 9.17) is 5.73 Å². The van der Waals surface area contributed by atoms with Crippen molar-refractivity contribution in [2.45, 2.75) is 38.4 Å². The van der Waals surface area contributed by atoms with E-state index in [1.807, 2.05) is 12.3 Å². The molecule has 4 N–H and O–H groups in total. The molecule has 7 nitrogen and oxygen atoms in total. The van der Waals surface area contributed by atoms with Crippen LogP contribution in [0.2, 0.25) is 0 Å². The number of nitrogens with one attached hydrogen (secondary N) is 2. The Kier molecular flexibility index (Phi) is 4.23. The third kappa shape index (κ3) is 2.90. The quantitative estimate of drug-likeness (QED) is 0.761. The lowest BCUT2D eigenvalue weighted by atomic mass is 10.3. The normalized spacial score (nSPS) is 13.6. The van der Waals surface area contributed by atoms with Crippen LogP contribution >= 0.6 is 11.3 Å². The largest absolute Gasteiger partial charge is 0.326 e. The monoisotopic (exact) mass is 315 g/mol. The molecule has 0 amide bonds. The summed E-state index contributed by atoms with van der Waals surface area (Å²) in [5, 5.41) is 9.04. The van der Waals surface area contributed by atoms with Crippen LogP contribution in [0.4, 0.5) is 0 Å². The van der Waals surface area contributed by atoms with E-state index < -0.39 is 16.1 Å². The van der Waals surface area contributed by atoms with Gasteiger partial charge in [0.25, 0.3) is 10.0 Å². The molecule has 0 aromatic carbocycles.